The molecule has 0 radical (unpaired) electrons. The number of anilines is 2. The molecule has 88 valence electrons. The van der Waals surface area contributed by atoms with Gasteiger partial charge in [0.05, 0.1) is 5.69 Å². The van der Waals surface area contributed by atoms with E-state index >= 15 is 0 Å². The topological polar surface area (TPSA) is 96.7 Å². The number of aromatic amines is 1. The fraction of sp³-hybridized carbons (Fsp3) is 0. The van der Waals surface area contributed by atoms with Crippen LogP contribution in [0.1, 0.15) is 10.6 Å². The summed E-state index contributed by atoms with van der Waals surface area (Å²) in [5, 5.41) is 8.73. The van der Waals surface area contributed by atoms with E-state index in [2.05, 4.69) is 59.0 Å². The van der Waals surface area contributed by atoms with E-state index in [-0.39, 0.29) is 11.8 Å². The minimum atomic E-state index is -0.392. The van der Waals surface area contributed by atoms with Crippen molar-refractivity contribution in [1.29, 1.82) is 0 Å². The predicted molar refractivity (Wildman–Crippen MR) is 75.6 cm³/mol. The molecule has 4 N–H and O–H groups in total. The van der Waals surface area contributed by atoms with Gasteiger partial charge in [-0.2, -0.15) is 4.98 Å². The fourth-order valence-corrected chi connectivity index (χ4v) is 1.99. The minimum absolute atomic E-state index is 0.0388. The lowest BCUT2D eigenvalue weighted by Gasteiger charge is -2.05. The molecular weight excluding hydrogens is 401 g/mol. The van der Waals surface area contributed by atoms with Crippen LogP contribution in [0.5, 0.6) is 0 Å². The molecule has 0 aliphatic carbocycles. The first kappa shape index (κ1) is 12.3. The van der Waals surface area contributed by atoms with Gasteiger partial charge < -0.3 is 11.1 Å². The smallest absolute Gasteiger partial charge is 0.293 e. The van der Waals surface area contributed by atoms with Crippen molar-refractivity contribution < 1.29 is 4.79 Å². The molecule has 0 unspecified atom stereocenters. The van der Waals surface area contributed by atoms with Crippen molar-refractivity contribution in [3.8, 4) is 0 Å². The van der Waals surface area contributed by atoms with Gasteiger partial charge in [-0.25, -0.2) is 0 Å². The van der Waals surface area contributed by atoms with Crippen LogP contribution in [0.3, 0.4) is 0 Å². The molecule has 1 aromatic carbocycles. The number of benzene rings is 1. The van der Waals surface area contributed by atoms with Crippen molar-refractivity contribution in [1.82, 2.24) is 15.2 Å². The molecule has 1 heterocycles. The summed E-state index contributed by atoms with van der Waals surface area (Å²) in [5.74, 6) is -0.276. The van der Waals surface area contributed by atoms with Crippen molar-refractivity contribution in [3.05, 3.63) is 32.1 Å². The standard InChI is InChI=1S/C9H7BrIN5O/c10-5-2-1-4(11)3-6(5)13-8(17)7-14-9(12)16-15-7/h1-3H,(H,13,17)(H3,12,14,15,16). The fourth-order valence-electron chi connectivity index (χ4n) is 1.15. The first-order valence-corrected chi connectivity index (χ1v) is 6.37. The van der Waals surface area contributed by atoms with Crippen LogP contribution in [0.25, 0.3) is 0 Å². The molecule has 2 aromatic rings. The van der Waals surface area contributed by atoms with E-state index in [0.29, 0.717) is 5.69 Å². The monoisotopic (exact) mass is 407 g/mol. The van der Waals surface area contributed by atoms with Gasteiger partial charge in [-0.15, -0.1) is 5.10 Å². The number of halogens is 2. The molecule has 0 fully saturated rings. The summed E-state index contributed by atoms with van der Waals surface area (Å²) < 4.78 is 1.80. The molecule has 2 rings (SSSR count). The van der Waals surface area contributed by atoms with Gasteiger partial charge in [0, 0.05) is 8.04 Å². The summed E-state index contributed by atoms with van der Waals surface area (Å²) in [7, 11) is 0. The Kier molecular flexibility index (Phi) is 3.62. The molecule has 0 aliphatic rings. The Morgan fingerprint density at radius 2 is 2.29 bits per heavy atom. The quantitative estimate of drug-likeness (QED) is 0.663. The Hall–Kier alpha value is -1.16. The van der Waals surface area contributed by atoms with Gasteiger partial charge in [-0.3, -0.25) is 9.89 Å². The molecule has 0 spiro atoms. The highest BCUT2D eigenvalue weighted by molar-refractivity contribution is 14.1. The number of hydrogen-bond acceptors (Lipinski definition) is 4. The van der Waals surface area contributed by atoms with Gasteiger partial charge in [0.2, 0.25) is 11.8 Å². The second-order valence-corrected chi connectivity index (χ2v) is 5.22. The highest BCUT2D eigenvalue weighted by atomic mass is 127. The van der Waals surface area contributed by atoms with Crippen LogP contribution in [0, 0.1) is 3.57 Å². The van der Waals surface area contributed by atoms with Gasteiger partial charge in [-0.05, 0) is 56.7 Å². The van der Waals surface area contributed by atoms with Gasteiger partial charge in [0.15, 0.2) is 0 Å². The van der Waals surface area contributed by atoms with Crippen LogP contribution in [0.15, 0.2) is 22.7 Å². The number of amides is 1. The average Bonchev–Trinajstić information content (AvgIpc) is 2.70. The average molecular weight is 408 g/mol. The molecule has 6 nitrogen and oxygen atoms in total. The summed E-state index contributed by atoms with van der Waals surface area (Å²) in [6.07, 6.45) is 0. The summed E-state index contributed by atoms with van der Waals surface area (Å²) in [6, 6.07) is 5.61. The molecule has 17 heavy (non-hydrogen) atoms. The van der Waals surface area contributed by atoms with Crippen LogP contribution < -0.4 is 11.1 Å². The van der Waals surface area contributed by atoms with E-state index in [0.717, 1.165) is 8.04 Å². The lowest BCUT2D eigenvalue weighted by Crippen LogP contribution is -2.14. The van der Waals surface area contributed by atoms with Crippen molar-refractivity contribution in [2.45, 2.75) is 0 Å². The SMILES string of the molecule is Nc1n[nH]c(C(=O)Nc2cc(I)ccc2Br)n1. The predicted octanol–water partition coefficient (Wildman–Crippen LogP) is 2.01. The third kappa shape index (κ3) is 2.94. The Balaban J connectivity index is 2.21. The van der Waals surface area contributed by atoms with Crippen molar-refractivity contribution in [2.24, 2.45) is 0 Å². The summed E-state index contributed by atoms with van der Waals surface area (Å²) >= 11 is 5.51. The highest BCUT2D eigenvalue weighted by Gasteiger charge is 2.12. The number of carbonyl (C=O) groups is 1. The van der Waals surface area contributed by atoms with Gasteiger partial charge in [0.1, 0.15) is 0 Å². The van der Waals surface area contributed by atoms with Crippen LogP contribution in [0.2, 0.25) is 0 Å². The van der Waals surface area contributed by atoms with E-state index in [1.807, 2.05) is 18.2 Å². The number of H-pyrrole nitrogens is 1. The lowest BCUT2D eigenvalue weighted by atomic mass is 10.3. The molecule has 1 aromatic heterocycles. The van der Waals surface area contributed by atoms with Gasteiger partial charge in [0.25, 0.3) is 5.91 Å². The van der Waals surface area contributed by atoms with E-state index in [4.69, 9.17) is 5.73 Å². The van der Waals surface area contributed by atoms with Crippen LogP contribution in [-0.2, 0) is 0 Å². The third-order valence-electron chi connectivity index (χ3n) is 1.89. The minimum Gasteiger partial charge on any atom is -0.366 e. The first-order valence-electron chi connectivity index (χ1n) is 4.50. The number of nitrogens with zero attached hydrogens (tertiary/aromatic N) is 2. The zero-order valence-corrected chi connectivity index (χ0v) is 12.1. The zero-order chi connectivity index (χ0) is 12.4. The Bertz CT molecular complexity index is 570. The van der Waals surface area contributed by atoms with Crippen LogP contribution in [0.4, 0.5) is 11.6 Å². The van der Waals surface area contributed by atoms with Crippen molar-refractivity contribution in [2.75, 3.05) is 11.1 Å². The number of rotatable bonds is 2. The van der Waals surface area contributed by atoms with Crippen molar-refractivity contribution in [3.63, 3.8) is 0 Å². The Labute approximate surface area is 119 Å². The zero-order valence-electron chi connectivity index (χ0n) is 8.37. The summed E-state index contributed by atoms with van der Waals surface area (Å²) in [4.78, 5) is 15.5. The first-order chi connectivity index (χ1) is 8.06. The molecule has 8 heteroatoms. The Morgan fingerprint density at radius 1 is 1.53 bits per heavy atom. The molecular formula is C9H7BrIN5O. The summed E-state index contributed by atoms with van der Waals surface area (Å²) in [5.41, 5.74) is 5.98. The maximum absolute atomic E-state index is 11.8. The number of aromatic nitrogens is 3. The van der Waals surface area contributed by atoms with E-state index < -0.39 is 5.91 Å². The number of carbonyl (C=O) groups excluding carboxylic acids is 1. The number of nitrogens with one attached hydrogen (secondary N) is 2. The molecule has 0 bridgehead atoms. The van der Waals surface area contributed by atoms with Crippen LogP contribution in [-0.4, -0.2) is 21.1 Å². The van der Waals surface area contributed by atoms with Gasteiger partial charge >= 0.3 is 0 Å². The van der Waals surface area contributed by atoms with Gasteiger partial charge in [-0.1, -0.05) is 0 Å². The summed E-state index contributed by atoms with van der Waals surface area (Å²) in [6.45, 7) is 0. The second kappa shape index (κ2) is 5.00. The number of hydrogen-bond donors (Lipinski definition) is 3. The maximum Gasteiger partial charge on any atom is 0.293 e. The van der Waals surface area contributed by atoms with Crippen molar-refractivity contribution >= 4 is 56.1 Å². The maximum atomic E-state index is 11.8. The van der Waals surface area contributed by atoms with E-state index in [1.165, 1.54) is 0 Å². The third-order valence-corrected chi connectivity index (χ3v) is 3.26. The molecule has 0 saturated carbocycles. The molecule has 0 aliphatic heterocycles. The van der Waals surface area contributed by atoms with E-state index in [1.54, 1.807) is 0 Å². The second-order valence-electron chi connectivity index (χ2n) is 3.12. The van der Waals surface area contributed by atoms with E-state index in [9.17, 15) is 4.79 Å². The van der Waals surface area contributed by atoms with Crippen LogP contribution >= 0.6 is 38.5 Å². The molecule has 0 saturated heterocycles. The lowest BCUT2D eigenvalue weighted by molar-refractivity contribution is 0.101. The number of nitrogen functional groups attached to an aromatic ring is 1. The Morgan fingerprint density at radius 3 is 2.94 bits per heavy atom. The highest BCUT2D eigenvalue weighted by Crippen LogP contribution is 2.24. The number of nitrogens with two attached hydrogens (primary N) is 1. The molecule has 0 atom stereocenters. The normalized spacial score (nSPS) is 10.2. The largest absolute Gasteiger partial charge is 0.366 e. The molecule has 1 amide bonds.